The van der Waals surface area contributed by atoms with Crippen molar-refractivity contribution in [2.24, 2.45) is 5.73 Å². The summed E-state index contributed by atoms with van der Waals surface area (Å²) < 4.78 is 11.5. The zero-order valence-corrected chi connectivity index (χ0v) is 22.4. The van der Waals surface area contributed by atoms with Crippen LogP contribution in [0.1, 0.15) is 58.3 Å². The van der Waals surface area contributed by atoms with Gasteiger partial charge in [-0.3, -0.25) is 4.79 Å². The fourth-order valence-electron chi connectivity index (χ4n) is 4.83. The number of oxazole rings is 1. The van der Waals surface area contributed by atoms with E-state index in [4.69, 9.17) is 14.6 Å². The molecule has 0 saturated carbocycles. The minimum absolute atomic E-state index is 0.0658. The molecule has 11 heteroatoms. The molecule has 2 atom stereocenters. The Kier molecular flexibility index (Phi) is 6.53. The summed E-state index contributed by atoms with van der Waals surface area (Å²) in [7, 11) is 0. The lowest BCUT2D eigenvalue weighted by Gasteiger charge is -2.23. The third-order valence-corrected chi connectivity index (χ3v) is 7.77. The van der Waals surface area contributed by atoms with E-state index < -0.39 is 5.54 Å². The summed E-state index contributed by atoms with van der Waals surface area (Å²) in [5.41, 5.74) is 8.85. The van der Waals surface area contributed by atoms with Crippen LogP contribution >= 0.6 is 11.3 Å². The minimum Gasteiger partial charge on any atom is -0.443 e. The van der Waals surface area contributed by atoms with E-state index in [1.54, 1.807) is 23.5 Å². The summed E-state index contributed by atoms with van der Waals surface area (Å²) >= 11 is 1.58. The highest BCUT2D eigenvalue weighted by molar-refractivity contribution is 7.09. The molecule has 2 N–H and O–H groups in total. The molecule has 0 unspecified atom stereocenters. The quantitative estimate of drug-likeness (QED) is 0.303. The molecule has 1 aromatic carbocycles. The van der Waals surface area contributed by atoms with Gasteiger partial charge in [-0.15, -0.1) is 21.5 Å². The predicted octanol–water partition coefficient (Wildman–Crippen LogP) is 4.95. The lowest BCUT2D eigenvalue weighted by Crippen LogP contribution is -2.35. The SMILES string of the molecule is Cc1csc([C@H]2CCCN2C(=O)c2cc(-c3ncco3)nc(-c3nnc([C@@](C)(N)Cc4ccccc4)o3)c2)n1. The van der Waals surface area contributed by atoms with Crippen molar-refractivity contribution in [2.45, 2.75) is 44.7 Å². The smallest absolute Gasteiger partial charge is 0.266 e. The standard InChI is InChI=1S/C28H27N7O3S/c1-17-16-39-25(31-17)22-9-6-11-35(22)26(36)19-13-20(23-30-10-12-37-23)32-21(14-19)24-33-34-27(38-24)28(2,29)15-18-7-4-3-5-8-18/h3-5,7-8,10,12-14,16,22H,6,9,11,15,29H2,1-2H3/t22-,28+/m1/s1. The first kappa shape index (κ1) is 25.1. The van der Waals surface area contributed by atoms with Crippen molar-refractivity contribution in [3.8, 4) is 23.2 Å². The van der Waals surface area contributed by atoms with Gasteiger partial charge in [-0.2, -0.15) is 0 Å². The number of aromatic nitrogens is 5. The molecule has 1 fully saturated rings. The van der Waals surface area contributed by atoms with E-state index in [0.717, 1.165) is 29.1 Å². The van der Waals surface area contributed by atoms with E-state index in [2.05, 4.69) is 25.1 Å². The Labute approximate surface area is 228 Å². The number of thiazole rings is 1. The highest BCUT2D eigenvalue weighted by atomic mass is 32.1. The fourth-order valence-corrected chi connectivity index (χ4v) is 5.78. The first-order valence-corrected chi connectivity index (χ1v) is 13.6. The zero-order valence-electron chi connectivity index (χ0n) is 21.6. The van der Waals surface area contributed by atoms with Gasteiger partial charge in [-0.1, -0.05) is 30.3 Å². The van der Waals surface area contributed by atoms with Crippen LogP contribution in [0.15, 0.2) is 69.1 Å². The summed E-state index contributed by atoms with van der Waals surface area (Å²) in [6.45, 7) is 4.45. The number of amides is 1. The van der Waals surface area contributed by atoms with Crippen LogP contribution in [0.3, 0.4) is 0 Å². The third-order valence-electron chi connectivity index (χ3n) is 6.71. The Hall–Kier alpha value is -4.22. The number of carbonyl (C=O) groups is 1. The van der Waals surface area contributed by atoms with E-state index in [1.165, 1.54) is 12.5 Å². The van der Waals surface area contributed by atoms with Crippen molar-refractivity contribution in [3.63, 3.8) is 0 Å². The molecule has 0 radical (unpaired) electrons. The maximum atomic E-state index is 13.8. The molecular weight excluding hydrogens is 514 g/mol. The van der Waals surface area contributed by atoms with Crippen LogP contribution < -0.4 is 5.73 Å². The first-order valence-electron chi connectivity index (χ1n) is 12.7. The number of rotatable bonds is 7. The molecular formula is C28H27N7O3S. The summed E-state index contributed by atoms with van der Waals surface area (Å²) in [4.78, 5) is 29.2. The Morgan fingerprint density at radius 1 is 1.15 bits per heavy atom. The van der Waals surface area contributed by atoms with Gasteiger partial charge in [0.05, 0.1) is 17.8 Å². The first-order chi connectivity index (χ1) is 18.9. The van der Waals surface area contributed by atoms with Gasteiger partial charge in [0.25, 0.3) is 11.8 Å². The summed E-state index contributed by atoms with van der Waals surface area (Å²) in [5, 5.41) is 11.4. The second-order valence-electron chi connectivity index (χ2n) is 9.94. The number of benzene rings is 1. The van der Waals surface area contributed by atoms with Crippen LogP contribution in [0, 0.1) is 6.92 Å². The Morgan fingerprint density at radius 2 is 1.95 bits per heavy atom. The van der Waals surface area contributed by atoms with Gasteiger partial charge < -0.3 is 19.5 Å². The number of pyridine rings is 1. The number of carbonyl (C=O) groups excluding carboxylic acids is 1. The number of likely N-dealkylation sites (tertiary alicyclic amines) is 1. The molecule has 198 valence electrons. The van der Waals surface area contributed by atoms with Gasteiger partial charge in [-0.05, 0) is 50.8 Å². The fraction of sp³-hybridized carbons (Fsp3) is 0.286. The Bertz CT molecular complexity index is 1590. The molecule has 5 aromatic rings. The van der Waals surface area contributed by atoms with Gasteiger partial charge in [0, 0.05) is 23.2 Å². The van der Waals surface area contributed by atoms with Crippen LogP contribution in [0.4, 0.5) is 0 Å². The predicted molar refractivity (Wildman–Crippen MR) is 145 cm³/mol. The monoisotopic (exact) mass is 541 g/mol. The largest absolute Gasteiger partial charge is 0.443 e. The highest BCUT2D eigenvalue weighted by Gasteiger charge is 2.34. The van der Waals surface area contributed by atoms with Gasteiger partial charge in [0.15, 0.2) is 0 Å². The zero-order chi connectivity index (χ0) is 27.0. The molecule has 0 bridgehead atoms. The van der Waals surface area contributed by atoms with Gasteiger partial charge in [0.1, 0.15) is 22.7 Å². The number of nitrogens with zero attached hydrogens (tertiary/aromatic N) is 6. The van der Waals surface area contributed by atoms with Crippen molar-refractivity contribution < 1.29 is 13.6 Å². The molecule has 0 aliphatic carbocycles. The topological polar surface area (TPSA) is 137 Å². The summed E-state index contributed by atoms with van der Waals surface area (Å²) in [5.74, 6) is 0.586. The van der Waals surface area contributed by atoms with Crippen LogP contribution in [0.5, 0.6) is 0 Å². The molecule has 0 spiro atoms. The van der Waals surface area contributed by atoms with E-state index >= 15 is 0 Å². The number of aryl methyl sites for hydroxylation is 1. The minimum atomic E-state index is -0.903. The third kappa shape index (κ3) is 5.10. The average molecular weight is 542 g/mol. The van der Waals surface area contributed by atoms with Gasteiger partial charge in [-0.25, -0.2) is 15.0 Å². The second-order valence-corrected chi connectivity index (χ2v) is 10.8. The molecule has 5 heterocycles. The van der Waals surface area contributed by atoms with Crippen LogP contribution in [-0.4, -0.2) is 42.5 Å². The van der Waals surface area contributed by atoms with Crippen molar-refractivity contribution in [3.05, 3.63) is 88.0 Å². The lowest BCUT2D eigenvalue weighted by atomic mass is 9.94. The lowest BCUT2D eigenvalue weighted by molar-refractivity contribution is 0.0735. The maximum absolute atomic E-state index is 13.8. The van der Waals surface area contributed by atoms with Gasteiger partial charge >= 0.3 is 0 Å². The molecule has 1 aliphatic rings. The molecule has 1 aliphatic heterocycles. The second kappa shape index (κ2) is 10.2. The Morgan fingerprint density at radius 3 is 2.67 bits per heavy atom. The molecule has 1 saturated heterocycles. The molecule has 39 heavy (non-hydrogen) atoms. The van der Waals surface area contributed by atoms with Crippen molar-refractivity contribution in [1.29, 1.82) is 0 Å². The van der Waals surface area contributed by atoms with Crippen LogP contribution in [0.2, 0.25) is 0 Å². The maximum Gasteiger partial charge on any atom is 0.266 e. The van der Waals surface area contributed by atoms with E-state index in [0.29, 0.717) is 29.9 Å². The molecule has 4 aromatic heterocycles. The molecule has 10 nitrogen and oxygen atoms in total. The van der Waals surface area contributed by atoms with Crippen molar-refractivity contribution in [1.82, 2.24) is 30.0 Å². The van der Waals surface area contributed by atoms with E-state index in [1.807, 2.05) is 54.5 Å². The molecule has 1 amide bonds. The van der Waals surface area contributed by atoms with Crippen molar-refractivity contribution in [2.75, 3.05) is 6.54 Å². The summed E-state index contributed by atoms with van der Waals surface area (Å²) in [6, 6.07) is 13.2. The Balaban J connectivity index is 1.35. The number of hydrogen-bond acceptors (Lipinski definition) is 10. The van der Waals surface area contributed by atoms with Crippen LogP contribution in [0.25, 0.3) is 23.2 Å². The van der Waals surface area contributed by atoms with Crippen molar-refractivity contribution >= 4 is 17.2 Å². The van der Waals surface area contributed by atoms with E-state index in [-0.39, 0.29) is 29.6 Å². The normalized spacial score (nSPS) is 16.9. The number of hydrogen-bond donors (Lipinski definition) is 1. The summed E-state index contributed by atoms with van der Waals surface area (Å²) in [6.07, 6.45) is 5.27. The highest BCUT2D eigenvalue weighted by Crippen LogP contribution is 2.36. The average Bonchev–Trinajstić information content (AvgIpc) is 3.74. The molecule has 6 rings (SSSR count). The van der Waals surface area contributed by atoms with E-state index in [9.17, 15) is 4.79 Å². The number of nitrogens with two attached hydrogens (primary N) is 1. The van der Waals surface area contributed by atoms with Gasteiger partial charge in [0.2, 0.25) is 11.8 Å². The van der Waals surface area contributed by atoms with Crippen LogP contribution in [-0.2, 0) is 12.0 Å².